The number of nitrogens with one attached hydrogen (secondary N) is 2. The number of nitrogens with zero attached hydrogens (tertiary/aromatic N) is 1. The van der Waals surface area contributed by atoms with Crippen molar-refractivity contribution in [1.29, 1.82) is 0 Å². The van der Waals surface area contributed by atoms with E-state index in [1.54, 1.807) is 30.5 Å². The third-order valence-corrected chi connectivity index (χ3v) is 2.81. The highest BCUT2D eigenvalue weighted by Crippen LogP contribution is 2.11. The summed E-state index contributed by atoms with van der Waals surface area (Å²) in [5.41, 5.74) is 6.88. The summed E-state index contributed by atoms with van der Waals surface area (Å²) in [4.78, 5) is 15.6. The Hall–Kier alpha value is -2.47. The second kappa shape index (κ2) is 7.35. The van der Waals surface area contributed by atoms with Crippen LogP contribution in [0.4, 0.5) is 15.9 Å². The number of carbonyl (C=O) groups is 1. The van der Waals surface area contributed by atoms with Gasteiger partial charge in [-0.2, -0.15) is 0 Å². The fourth-order valence-electron chi connectivity index (χ4n) is 1.72. The number of pyridine rings is 1. The Morgan fingerprint density at radius 1 is 1.19 bits per heavy atom. The normalized spacial score (nSPS) is 10.2. The van der Waals surface area contributed by atoms with E-state index in [0.717, 1.165) is 5.56 Å². The lowest BCUT2D eigenvalue weighted by molar-refractivity contribution is -0.116. The van der Waals surface area contributed by atoms with Crippen molar-refractivity contribution in [3.8, 4) is 0 Å². The highest BCUT2D eigenvalue weighted by Gasteiger charge is 2.01. The summed E-state index contributed by atoms with van der Waals surface area (Å²) in [6.45, 7) is 0.864. The molecule has 1 aromatic carbocycles. The van der Waals surface area contributed by atoms with Gasteiger partial charge in [0.05, 0.1) is 11.9 Å². The first-order valence-electron chi connectivity index (χ1n) is 6.61. The fourth-order valence-corrected chi connectivity index (χ4v) is 1.72. The maximum Gasteiger partial charge on any atom is 0.225 e. The topological polar surface area (TPSA) is 80.0 Å². The van der Waals surface area contributed by atoms with Gasteiger partial charge in [-0.25, -0.2) is 9.37 Å². The number of halogens is 1. The quantitative estimate of drug-likeness (QED) is 0.760. The van der Waals surface area contributed by atoms with Crippen LogP contribution in [-0.2, 0) is 11.3 Å². The molecule has 0 radical (unpaired) electrons. The van der Waals surface area contributed by atoms with E-state index in [1.807, 2.05) is 0 Å². The van der Waals surface area contributed by atoms with Crippen LogP contribution in [0.1, 0.15) is 12.0 Å². The molecule has 4 N–H and O–H groups in total. The Labute approximate surface area is 122 Å². The van der Waals surface area contributed by atoms with Crippen LogP contribution in [0.25, 0.3) is 0 Å². The number of amides is 1. The first-order chi connectivity index (χ1) is 10.2. The van der Waals surface area contributed by atoms with Crippen LogP contribution in [-0.4, -0.2) is 17.4 Å². The Morgan fingerprint density at radius 2 is 1.95 bits per heavy atom. The molecule has 0 aliphatic carbocycles. The minimum atomic E-state index is -0.255. The third kappa shape index (κ3) is 4.85. The second-order valence-corrected chi connectivity index (χ2v) is 4.50. The minimum absolute atomic E-state index is 0.133. The smallest absolute Gasteiger partial charge is 0.225 e. The maximum absolute atomic E-state index is 12.8. The van der Waals surface area contributed by atoms with Gasteiger partial charge in [-0.1, -0.05) is 12.1 Å². The third-order valence-electron chi connectivity index (χ3n) is 2.81. The molecule has 2 rings (SSSR count). The molecule has 1 aromatic heterocycles. The van der Waals surface area contributed by atoms with E-state index in [9.17, 15) is 9.18 Å². The average molecular weight is 288 g/mol. The molecule has 5 nitrogen and oxygen atoms in total. The molecule has 0 fully saturated rings. The Bertz CT molecular complexity index is 584. The highest BCUT2D eigenvalue weighted by molar-refractivity contribution is 5.90. The van der Waals surface area contributed by atoms with Gasteiger partial charge < -0.3 is 16.4 Å². The molecular weight excluding hydrogens is 271 g/mol. The molecule has 0 spiro atoms. The van der Waals surface area contributed by atoms with Gasteiger partial charge >= 0.3 is 0 Å². The largest absolute Gasteiger partial charge is 0.366 e. The minimum Gasteiger partial charge on any atom is -0.366 e. The molecule has 0 atom stereocenters. The lowest BCUT2D eigenvalue weighted by Crippen LogP contribution is -2.16. The summed E-state index contributed by atoms with van der Waals surface area (Å²) in [6.07, 6.45) is 1.85. The Morgan fingerprint density at radius 3 is 2.57 bits per heavy atom. The van der Waals surface area contributed by atoms with Gasteiger partial charge in [-0.3, -0.25) is 4.79 Å². The van der Waals surface area contributed by atoms with Gasteiger partial charge in [0.15, 0.2) is 0 Å². The molecule has 1 amide bonds. The molecule has 0 saturated heterocycles. The van der Waals surface area contributed by atoms with Crippen molar-refractivity contribution in [2.75, 3.05) is 17.2 Å². The molecule has 0 aliphatic heterocycles. The van der Waals surface area contributed by atoms with Gasteiger partial charge in [0.1, 0.15) is 11.6 Å². The standard InChI is InChI=1S/C15H17FN4O/c16-12-3-1-11(2-4-12)9-18-14-6-5-13(10-19-14)20-15(21)7-8-17/h1-6,10H,7-9,17H2,(H,18,19)(H,20,21). The van der Waals surface area contributed by atoms with Crippen molar-refractivity contribution in [2.24, 2.45) is 5.73 Å². The predicted molar refractivity (Wildman–Crippen MR) is 80.3 cm³/mol. The number of benzene rings is 1. The van der Waals surface area contributed by atoms with Crippen LogP contribution in [0.2, 0.25) is 0 Å². The summed E-state index contributed by atoms with van der Waals surface area (Å²) in [5, 5.41) is 5.82. The van der Waals surface area contributed by atoms with Gasteiger partial charge in [0.2, 0.25) is 5.91 Å². The van der Waals surface area contributed by atoms with E-state index in [0.29, 0.717) is 24.6 Å². The predicted octanol–water partition coefficient (Wildman–Crippen LogP) is 2.12. The van der Waals surface area contributed by atoms with Crippen LogP contribution in [0.5, 0.6) is 0 Å². The average Bonchev–Trinajstić information content (AvgIpc) is 2.48. The van der Waals surface area contributed by atoms with E-state index in [1.165, 1.54) is 12.1 Å². The van der Waals surface area contributed by atoms with Crippen molar-refractivity contribution in [1.82, 2.24) is 4.98 Å². The van der Waals surface area contributed by atoms with Crippen LogP contribution >= 0.6 is 0 Å². The van der Waals surface area contributed by atoms with E-state index in [4.69, 9.17) is 5.73 Å². The molecule has 21 heavy (non-hydrogen) atoms. The summed E-state index contributed by atoms with van der Waals surface area (Å²) in [6, 6.07) is 9.78. The van der Waals surface area contributed by atoms with Gasteiger partial charge in [-0.05, 0) is 29.8 Å². The van der Waals surface area contributed by atoms with Crippen molar-refractivity contribution in [2.45, 2.75) is 13.0 Å². The summed E-state index contributed by atoms with van der Waals surface area (Å²) in [7, 11) is 0. The highest BCUT2D eigenvalue weighted by atomic mass is 19.1. The van der Waals surface area contributed by atoms with E-state index in [2.05, 4.69) is 15.6 Å². The van der Waals surface area contributed by atoms with E-state index >= 15 is 0 Å². The molecule has 0 unspecified atom stereocenters. The molecule has 2 aromatic rings. The van der Waals surface area contributed by atoms with Gasteiger partial charge in [0, 0.05) is 19.5 Å². The van der Waals surface area contributed by atoms with E-state index < -0.39 is 0 Å². The monoisotopic (exact) mass is 288 g/mol. The number of rotatable bonds is 6. The number of aromatic nitrogens is 1. The molecule has 0 saturated carbocycles. The summed E-state index contributed by atoms with van der Waals surface area (Å²) < 4.78 is 12.8. The maximum atomic E-state index is 12.8. The van der Waals surface area contributed by atoms with Crippen LogP contribution in [0, 0.1) is 5.82 Å². The molecular formula is C15H17FN4O. The summed E-state index contributed by atoms with van der Waals surface area (Å²) in [5.74, 6) is 0.289. The fraction of sp³-hybridized carbons (Fsp3) is 0.200. The first-order valence-corrected chi connectivity index (χ1v) is 6.61. The van der Waals surface area contributed by atoms with Crippen LogP contribution in [0.3, 0.4) is 0 Å². The zero-order valence-corrected chi connectivity index (χ0v) is 11.5. The molecule has 0 aliphatic rings. The van der Waals surface area contributed by atoms with Crippen molar-refractivity contribution >= 4 is 17.4 Å². The zero-order chi connectivity index (χ0) is 15.1. The van der Waals surface area contributed by atoms with Crippen LogP contribution < -0.4 is 16.4 Å². The Kier molecular flexibility index (Phi) is 5.22. The number of hydrogen-bond donors (Lipinski definition) is 3. The van der Waals surface area contributed by atoms with Gasteiger partial charge in [0.25, 0.3) is 0 Å². The number of nitrogens with two attached hydrogens (primary N) is 1. The first kappa shape index (κ1) is 14.9. The van der Waals surface area contributed by atoms with Gasteiger partial charge in [-0.15, -0.1) is 0 Å². The lowest BCUT2D eigenvalue weighted by Gasteiger charge is -2.07. The molecule has 110 valence electrons. The van der Waals surface area contributed by atoms with E-state index in [-0.39, 0.29) is 18.1 Å². The SMILES string of the molecule is NCCC(=O)Nc1ccc(NCc2ccc(F)cc2)nc1. The van der Waals surface area contributed by atoms with Crippen LogP contribution in [0.15, 0.2) is 42.6 Å². The number of hydrogen-bond acceptors (Lipinski definition) is 4. The van der Waals surface area contributed by atoms with Crippen molar-refractivity contribution in [3.63, 3.8) is 0 Å². The summed E-state index contributed by atoms with van der Waals surface area (Å²) >= 11 is 0. The zero-order valence-electron chi connectivity index (χ0n) is 11.5. The number of carbonyl (C=O) groups excluding carboxylic acids is 1. The Balaban J connectivity index is 1.87. The lowest BCUT2D eigenvalue weighted by atomic mass is 10.2. The molecule has 1 heterocycles. The second-order valence-electron chi connectivity index (χ2n) is 4.50. The van der Waals surface area contributed by atoms with Crippen molar-refractivity contribution < 1.29 is 9.18 Å². The molecule has 0 bridgehead atoms. The number of anilines is 2. The molecule has 6 heteroatoms. The van der Waals surface area contributed by atoms with Crippen molar-refractivity contribution in [3.05, 3.63) is 54.0 Å².